The number of imide groups is 1. The highest BCUT2D eigenvalue weighted by atomic mass is 16.5. The fraction of sp³-hybridized carbons (Fsp3) is 0.273. The zero-order valence-electron chi connectivity index (χ0n) is 15.4. The second kappa shape index (κ2) is 7.27. The Morgan fingerprint density at radius 3 is 2.19 bits per heavy atom. The molecule has 0 saturated carbocycles. The van der Waals surface area contributed by atoms with Gasteiger partial charge >= 0.3 is 0 Å². The van der Waals surface area contributed by atoms with Crippen LogP contribution in [-0.4, -0.2) is 36.4 Å². The van der Waals surface area contributed by atoms with Gasteiger partial charge in [0.15, 0.2) is 0 Å². The molecule has 2 heterocycles. The van der Waals surface area contributed by atoms with E-state index in [0.717, 1.165) is 37.2 Å². The number of nitrogens with zero attached hydrogens (tertiary/aromatic N) is 2. The van der Waals surface area contributed by atoms with E-state index in [-0.39, 0.29) is 11.8 Å². The van der Waals surface area contributed by atoms with E-state index < -0.39 is 0 Å². The first-order valence-electron chi connectivity index (χ1n) is 9.37. The van der Waals surface area contributed by atoms with Gasteiger partial charge in [-0.05, 0) is 49.6 Å². The van der Waals surface area contributed by atoms with Crippen LogP contribution >= 0.6 is 0 Å². The van der Waals surface area contributed by atoms with Gasteiger partial charge in [0.25, 0.3) is 11.8 Å². The van der Waals surface area contributed by atoms with Gasteiger partial charge < -0.3 is 9.64 Å². The second-order valence-electron chi connectivity index (χ2n) is 6.66. The van der Waals surface area contributed by atoms with Crippen molar-refractivity contribution in [2.24, 2.45) is 0 Å². The third-order valence-corrected chi connectivity index (χ3v) is 4.95. The van der Waals surface area contributed by atoms with E-state index >= 15 is 0 Å². The summed E-state index contributed by atoms with van der Waals surface area (Å²) in [4.78, 5) is 29.9. The van der Waals surface area contributed by atoms with E-state index in [4.69, 9.17) is 4.74 Å². The molecule has 2 amide bonds. The predicted octanol–water partition coefficient (Wildman–Crippen LogP) is 3.47. The molecular weight excluding hydrogens is 340 g/mol. The SMILES string of the molecule is CCOc1ccc(C2=C(N3CCCC3)C(=O)N(c3ccccc3)C2=O)cc1. The minimum Gasteiger partial charge on any atom is -0.494 e. The normalized spacial score (nSPS) is 17.2. The van der Waals surface area contributed by atoms with Gasteiger partial charge in [-0.25, -0.2) is 4.90 Å². The first-order chi connectivity index (χ1) is 13.2. The fourth-order valence-electron chi connectivity index (χ4n) is 3.71. The highest BCUT2D eigenvalue weighted by Crippen LogP contribution is 2.36. The molecule has 1 saturated heterocycles. The van der Waals surface area contributed by atoms with Crippen LogP contribution in [-0.2, 0) is 9.59 Å². The van der Waals surface area contributed by atoms with Crippen LogP contribution in [0.3, 0.4) is 0 Å². The average Bonchev–Trinajstić information content (AvgIpc) is 3.30. The number of rotatable bonds is 5. The van der Waals surface area contributed by atoms with Gasteiger partial charge in [0.05, 0.1) is 17.9 Å². The molecule has 0 aromatic heterocycles. The number of benzene rings is 2. The molecule has 0 spiro atoms. The average molecular weight is 362 g/mol. The van der Waals surface area contributed by atoms with Gasteiger partial charge in [-0.1, -0.05) is 30.3 Å². The van der Waals surface area contributed by atoms with Crippen molar-refractivity contribution in [2.75, 3.05) is 24.6 Å². The van der Waals surface area contributed by atoms with Gasteiger partial charge in [0.2, 0.25) is 0 Å². The number of carbonyl (C=O) groups excluding carboxylic acids is 2. The van der Waals surface area contributed by atoms with Crippen molar-refractivity contribution in [2.45, 2.75) is 19.8 Å². The smallest absolute Gasteiger partial charge is 0.282 e. The summed E-state index contributed by atoms with van der Waals surface area (Å²) in [6, 6.07) is 16.5. The summed E-state index contributed by atoms with van der Waals surface area (Å²) in [6.07, 6.45) is 2.07. The molecule has 0 N–H and O–H groups in total. The zero-order valence-corrected chi connectivity index (χ0v) is 15.4. The van der Waals surface area contributed by atoms with Gasteiger partial charge in [0.1, 0.15) is 11.4 Å². The van der Waals surface area contributed by atoms with Crippen molar-refractivity contribution >= 4 is 23.1 Å². The van der Waals surface area contributed by atoms with E-state index in [1.807, 2.05) is 49.4 Å². The molecule has 0 atom stereocenters. The van der Waals surface area contributed by atoms with Crippen molar-refractivity contribution in [3.8, 4) is 5.75 Å². The maximum Gasteiger partial charge on any atom is 0.282 e. The molecule has 2 aliphatic heterocycles. The molecule has 4 rings (SSSR count). The zero-order chi connectivity index (χ0) is 18.8. The lowest BCUT2D eigenvalue weighted by Gasteiger charge is -2.20. The lowest BCUT2D eigenvalue weighted by molar-refractivity contribution is -0.120. The van der Waals surface area contributed by atoms with Crippen molar-refractivity contribution in [3.63, 3.8) is 0 Å². The van der Waals surface area contributed by atoms with Crippen LogP contribution in [0, 0.1) is 0 Å². The molecule has 0 radical (unpaired) electrons. The summed E-state index contributed by atoms with van der Waals surface area (Å²) in [5, 5.41) is 0. The van der Waals surface area contributed by atoms with Crippen molar-refractivity contribution in [3.05, 3.63) is 65.9 Å². The number of ether oxygens (including phenoxy) is 1. The van der Waals surface area contributed by atoms with E-state index in [2.05, 4.69) is 4.90 Å². The van der Waals surface area contributed by atoms with E-state index in [0.29, 0.717) is 23.6 Å². The Morgan fingerprint density at radius 2 is 1.56 bits per heavy atom. The standard InChI is InChI=1S/C22H22N2O3/c1-2-27-18-12-10-16(11-13-18)19-20(23-14-6-7-15-23)22(26)24(21(19)25)17-8-4-3-5-9-17/h3-5,8-13H,2,6-7,14-15H2,1H3. The van der Waals surface area contributed by atoms with Crippen LogP contribution < -0.4 is 9.64 Å². The summed E-state index contributed by atoms with van der Waals surface area (Å²) < 4.78 is 5.50. The van der Waals surface area contributed by atoms with Gasteiger partial charge in [-0.15, -0.1) is 0 Å². The number of amides is 2. The maximum absolute atomic E-state index is 13.3. The molecule has 2 aliphatic rings. The quantitative estimate of drug-likeness (QED) is 0.765. The number of para-hydroxylation sites is 1. The van der Waals surface area contributed by atoms with E-state index in [1.165, 1.54) is 4.90 Å². The number of carbonyl (C=O) groups is 2. The Labute approximate surface area is 158 Å². The number of hydrogen-bond acceptors (Lipinski definition) is 4. The van der Waals surface area contributed by atoms with Crippen LogP contribution in [0.25, 0.3) is 5.57 Å². The lowest BCUT2D eigenvalue weighted by atomic mass is 10.0. The third kappa shape index (κ3) is 3.10. The lowest BCUT2D eigenvalue weighted by Crippen LogP contribution is -2.34. The minimum absolute atomic E-state index is 0.239. The maximum atomic E-state index is 13.3. The fourth-order valence-corrected chi connectivity index (χ4v) is 3.71. The highest BCUT2D eigenvalue weighted by molar-refractivity contribution is 6.45. The van der Waals surface area contributed by atoms with Crippen LogP contribution in [0.1, 0.15) is 25.3 Å². The summed E-state index contributed by atoms with van der Waals surface area (Å²) in [5.41, 5.74) is 2.35. The second-order valence-corrected chi connectivity index (χ2v) is 6.66. The molecule has 0 unspecified atom stereocenters. The molecule has 138 valence electrons. The van der Waals surface area contributed by atoms with Gasteiger partial charge in [0, 0.05) is 13.1 Å². The predicted molar refractivity (Wildman–Crippen MR) is 104 cm³/mol. The molecule has 2 aromatic carbocycles. The van der Waals surface area contributed by atoms with E-state index in [1.54, 1.807) is 12.1 Å². The molecule has 1 fully saturated rings. The van der Waals surface area contributed by atoms with Crippen LogP contribution in [0.5, 0.6) is 5.75 Å². The van der Waals surface area contributed by atoms with Crippen LogP contribution in [0.4, 0.5) is 5.69 Å². The molecule has 27 heavy (non-hydrogen) atoms. The summed E-state index contributed by atoms with van der Waals surface area (Å²) in [7, 11) is 0. The Kier molecular flexibility index (Phi) is 4.67. The van der Waals surface area contributed by atoms with Crippen LogP contribution in [0.15, 0.2) is 60.3 Å². The van der Waals surface area contributed by atoms with Crippen molar-refractivity contribution in [1.82, 2.24) is 4.90 Å². The first-order valence-corrected chi connectivity index (χ1v) is 9.37. The Balaban J connectivity index is 1.78. The molecule has 5 heteroatoms. The Bertz CT molecular complexity index is 882. The molecule has 0 bridgehead atoms. The molecule has 5 nitrogen and oxygen atoms in total. The largest absolute Gasteiger partial charge is 0.494 e. The first kappa shape index (κ1) is 17.3. The molecule has 2 aromatic rings. The van der Waals surface area contributed by atoms with E-state index in [9.17, 15) is 9.59 Å². The molecular formula is C22H22N2O3. The van der Waals surface area contributed by atoms with Crippen molar-refractivity contribution < 1.29 is 14.3 Å². The summed E-state index contributed by atoms with van der Waals surface area (Å²) in [5.74, 6) is 0.246. The Hall–Kier alpha value is -3.08. The number of likely N-dealkylation sites (tertiary alicyclic amines) is 1. The third-order valence-electron chi connectivity index (χ3n) is 4.95. The summed E-state index contributed by atoms with van der Waals surface area (Å²) >= 11 is 0. The van der Waals surface area contributed by atoms with Gasteiger partial charge in [-0.2, -0.15) is 0 Å². The topological polar surface area (TPSA) is 49.9 Å². The number of anilines is 1. The number of hydrogen-bond donors (Lipinski definition) is 0. The van der Waals surface area contributed by atoms with Crippen molar-refractivity contribution in [1.29, 1.82) is 0 Å². The summed E-state index contributed by atoms with van der Waals surface area (Å²) in [6.45, 7) is 4.12. The highest BCUT2D eigenvalue weighted by Gasteiger charge is 2.42. The van der Waals surface area contributed by atoms with Crippen LogP contribution in [0.2, 0.25) is 0 Å². The monoisotopic (exact) mass is 362 g/mol. The minimum atomic E-state index is -0.266. The van der Waals surface area contributed by atoms with Gasteiger partial charge in [-0.3, -0.25) is 9.59 Å². The Morgan fingerprint density at radius 1 is 0.889 bits per heavy atom. The molecule has 0 aliphatic carbocycles.